The number of hydrogen-bond acceptors (Lipinski definition) is 4. The van der Waals surface area contributed by atoms with E-state index in [0.717, 1.165) is 37.3 Å². The summed E-state index contributed by atoms with van der Waals surface area (Å²) in [5.41, 5.74) is 2.04. The van der Waals surface area contributed by atoms with Gasteiger partial charge in [-0.15, -0.1) is 11.3 Å². The SMILES string of the molecule is C[C@@H](NCCC(=O)Nc1sc2c(c1C#N)CCCC2)c1ccc(F)cc1F. The van der Waals surface area contributed by atoms with Gasteiger partial charge in [0.05, 0.1) is 5.56 Å². The number of fused-ring (bicyclic) bond motifs is 1. The number of nitriles is 1. The second-order valence-corrected chi connectivity index (χ2v) is 7.77. The summed E-state index contributed by atoms with van der Waals surface area (Å²) < 4.78 is 26.8. The van der Waals surface area contributed by atoms with Gasteiger partial charge < -0.3 is 10.6 Å². The molecule has 0 spiro atoms. The molecule has 1 amide bonds. The lowest BCUT2D eigenvalue weighted by Crippen LogP contribution is -2.25. The van der Waals surface area contributed by atoms with E-state index in [2.05, 4.69) is 16.7 Å². The molecular weight excluding hydrogens is 368 g/mol. The first kappa shape index (κ1) is 19.5. The Hall–Kier alpha value is -2.30. The molecule has 1 atom stereocenters. The highest BCUT2D eigenvalue weighted by Crippen LogP contribution is 2.37. The Morgan fingerprint density at radius 1 is 1.33 bits per heavy atom. The van der Waals surface area contributed by atoms with Gasteiger partial charge >= 0.3 is 0 Å². The number of carbonyl (C=O) groups excluding carboxylic acids is 1. The fourth-order valence-electron chi connectivity index (χ4n) is 3.33. The Morgan fingerprint density at radius 3 is 2.85 bits per heavy atom. The third-order valence-corrected chi connectivity index (χ3v) is 5.97. The Bertz CT molecular complexity index is 888. The molecule has 0 unspecified atom stereocenters. The average molecular weight is 389 g/mol. The van der Waals surface area contributed by atoms with Crippen molar-refractivity contribution in [3.63, 3.8) is 0 Å². The molecule has 0 radical (unpaired) electrons. The lowest BCUT2D eigenvalue weighted by Gasteiger charge is -2.15. The maximum Gasteiger partial charge on any atom is 0.226 e. The van der Waals surface area contributed by atoms with E-state index >= 15 is 0 Å². The molecule has 0 saturated heterocycles. The first-order valence-corrected chi connectivity index (χ1v) is 9.84. The molecule has 0 aliphatic heterocycles. The van der Waals surface area contributed by atoms with Crippen LogP contribution in [-0.2, 0) is 17.6 Å². The standard InChI is InChI=1S/C20H21F2N3OS/c1-12(14-7-6-13(21)10-17(14)22)24-9-8-19(26)25-20-16(11-23)15-4-2-3-5-18(15)27-20/h6-7,10,12,24H,2-5,8-9H2,1H3,(H,25,26)/t12-/m1/s1. The first-order valence-electron chi connectivity index (χ1n) is 9.02. The molecule has 1 aliphatic carbocycles. The van der Waals surface area contributed by atoms with E-state index in [4.69, 9.17) is 0 Å². The second-order valence-electron chi connectivity index (χ2n) is 6.67. The van der Waals surface area contributed by atoms with Crippen LogP contribution in [0.2, 0.25) is 0 Å². The number of nitrogens with one attached hydrogen (secondary N) is 2. The van der Waals surface area contributed by atoms with Gasteiger partial charge in [0.25, 0.3) is 0 Å². The number of amides is 1. The van der Waals surface area contributed by atoms with Gasteiger partial charge in [0, 0.05) is 35.5 Å². The summed E-state index contributed by atoms with van der Waals surface area (Å²) in [4.78, 5) is 13.4. The zero-order chi connectivity index (χ0) is 19.4. The minimum Gasteiger partial charge on any atom is -0.317 e. The Balaban J connectivity index is 1.54. The molecule has 7 heteroatoms. The van der Waals surface area contributed by atoms with Crippen LogP contribution in [0.15, 0.2) is 18.2 Å². The third-order valence-electron chi connectivity index (χ3n) is 4.77. The van der Waals surface area contributed by atoms with Crippen LogP contribution in [0, 0.1) is 23.0 Å². The lowest BCUT2D eigenvalue weighted by atomic mass is 9.96. The van der Waals surface area contributed by atoms with Crippen molar-refractivity contribution in [3.05, 3.63) is 51.4 Å². The number of nitrogens with zero attached hydrogens (tertiary/aromatic N) is 1. The van der Waals surface area contributed by atoms with E-state index < -0.39 is 11.6 Å². The van der Waals surface area contributed by atoms with Crippen molar-refractivity contribution in [1.82, 2.24) is 5.32 Å². The summed E-state index contributed by atoms with van der Waals surface area (Å²) in [5.74, 6) is -1.42. The number of carbonyl (C=O) groups is 1. The highest BCUT2D eigenvalue weighted by atomic mass is 32.1. The number of aryl methyl sites for hydroxylation is 1. The monoisotopic (exact) mass is 389 g/mol. The van der Waals surface area contributed by atoms with E-state index in [1.54, 1.807) is 6.92 Å². The topological polar surface area (TPSA) is 64.9 Å². The number of anilines is 1. The fraction of sp³-hybridized carbons (Fsp3) is 0.400. The molecule has 27 heavy (non-hydrogen) atoms. The van der Waals surface area contributed by atoms with E-state index in [0.29, 0.717) is 22.7 Å². The number of halogens is 2. The molecule has 0 saturated carbocycles. The average Bonchev–Trinajstić information content (AvgIpc) is 2.98. The molecule has 2 aromatic rings. The minimum atomic E-state index is -0.616. The molecule has 142 valence electrons. The molecule has 1 aliphatic rings. The largest absolute Gasteiger partial charge is 0.317 e. The second kappa shape index (κ2) is 8.59. The van der Waals surface area contributed by atoms with Crippen LogP contribution in [0.4, 0.5) is 13.8 Å². The van der Waals surface area contributed by atoms with Gasteiger partial charge in [0.1, 0.15) is 22.7 Å². The van der Waals surface area contributed by atoms with Gasteiger partial charge in [-0.05, 0) is 44.2 Å². The van der Waals surface area contributed by atoms with Crippen LogP contribution >= 0.6 is 11.3 Å². The molecule has 3 rings (SSSR count). The Labute approximate surface area is 161 Å². The van der Waals surface area contributed by atoms with E-state index in [1.165, 1.54) is 28.3 Å². The number of thiophene rings is 1. The Morgan fingerprint density at radius 2 is 2.11 bits per heavy atom. The van der Waals surface area contributed by atoms with Crippen LogP contribution < -0.4 is 10.6 Å². The molecule has 1 heterocycles. The number of hydrogen-bond donors (Lipinski definition) is 2. The number of benzene rings is 1. The lowest BCUT2D eigenvalue weighted by molar-refractivity contribution is -0.116. The minimum absolute atomic E-state index is 0.190. The zero-order valence-corrected chi connectivity index (χ0v) is 15.9. The maximum absolute atomic E-state index is 13.8. The van der Waals surface area contributed by atoms with E-state index in [-0.39, 0.29) is 18.4 Å². The van der Waals surface area contributed by atoms with E-state index in [9.17, 15) is 18.8 Å². The van der Waals surface area contributed by atoms with Crippen LogP contribution in [0.3, 0.4) is 0 Å². The maximum atomic E-state index is 13.8. The van der Waals surface area contributed by atoms with Crippen LogP contribution in [-0.4, -0.2) is 12.5 Å². The molecule has 2 N–H and O–H groups in total. The van der Waals surface area contributed by atoms with Gasteiger partial charge in [-0.3, -0.25) is 4.79 Å². The zero-order valence-electron chi connectivity index (χ0n) is 15.1. The highest BCUT2D eigenvalue weighted by molar-refractivity contribution is 7.16. The van der Waals surface area contributed by atoms with Crippen molar-refractivity contribution in [2.45, 2.75) is 45.1 Å². The van der Waals surface area contributed by atoms with Crippen molar-refractivity contribution < 1.29 is 13.6 Å². The van der Waals surface area contributed by atoms with Crippen LogP contribution in [0.5, 0.6) is 0 Å². The summed E-state index contributed by atoms with van der Waals surface area (Å²) in [6.07, 6.45) is 4.25. The molecule has 1 aromatic carbocycles. The molecule has 4 nitrogen and oxygen atoms in total. The fourth-order valence-corrected chi connectivity index (χ4v) is 4.58. The van der Waals surface area contributed by atoms with Gasteiger partial charge in [-0.2, -0.15) is 5.26 Å². The summed E-state index contributed by atoms with van der Waals surface area (Å²) in [6.45, 7) is 2.10. The predicted molar refractivity (Wildman–Crippen MR) is 102 cm³/mol. The van der Waals surface area contributed by atoms with Crippen molar-refractivity contribution in [2.75, 3.05) is 11.9 Å². The Kier molecular flexibility index (Phi) is 6.19. The van der Waals surface area contributed by atoms with E-state index in [1.807, 2.05) is 0 Å². The van der Waals surface area contributed by atoms with Gasteiger partial charge in [-0.25, -0.2) is 8.78 Å². The molecule has 0 bridgehead atoms. The number of rotatable bonds is 6. The molecule has 1 aromatic heterocycles. The van der Waals surface area contributed by atoms with Crippen LogP contribution in [0.1, 0.15) is 53.8 Å². The smallest absolute Gasteiger partial charge is 0.226 e. The third kappa shape index (κ3) is 4.52. The van der Waals surface area contributed by atoms with Crippen molar-refractivity contribution in [1.29, 1.82) is 5.26 Å². The predicted octanol–water partition coefficient (Wildman–Crippen LogP) is 4.46. The van der Waals surface area contributed by atoms with Crippen molar-refractivity contribution in [3.8, 4) is 6.07 Å². The summed E-state index contributed by atoms with van der Waals surface area (Å²) in [6, 6.07) is 5.34. The van der Waals surface area contributed by atoms with Gasteiger partial charge in [0.2, 0.25) is 5.91 Å². The van der Waals surface area contributed by atoms with Gasteiger partial charge in [0.15, 0.2) is 0 Å². The van der Waals surface area contributed by atoms with Crippen LogP contribution in [0.25, 0.3) is 0 Å². The summed E-state index contributed by atoms with van der Waals surface area (Å²) in [5, 5.41) is 16.0. The highest BCUT2D eigenvalue weighted by Gasteiger charge is 2.21. The molecular formula is C20H21F2N3OS. The van der Waals surface area contributed by atoms with Crippen molar-refractivity contribution in [2.24, 2.45) is 0 Å². The van der Waals surface area contributed by atoms with Crippen molar-refractivity contribution >= 4 is 22.2 Å². The quantitative estimate of drug-likeness (QED) is 0.767. The first-order chi connectivity index (χ1) is 13.0. The normalized spacial score (nSPS) is 14.3. The summed E-state index contributed by atoms with van der Waals surface area (Å²) in [7, 11) is 0. The summed E-state index contributed by atoms with van der Waals surface area (Å²) >= 11 is 1.49. The molecule has 0 fully saturated rings. The van der Waals surface area contributed by atoms with Gasteiger partial charge in [-0.1, -0.05) is 6.07 Å².